The summed E-state index contributed by atoms with van der Waals surface area (Å²) < 4.78 is 1.10. The summed E-state index contributed by atoms with van der Waals surface area (Å²) in [7, 11) is 0. The zero-order valence-corrected chi connectivity index (χ0v) is 13.6. The van der Waals surface area contributed by atoms with Crippen LogP contribution >= 0.6 is 38.6 Å². The van der Waals surface area contributed by atoms with Gasteiger partial charge in [0.15, 0.2) is 0 Å². The van der Waals surface area contributed by atoms with E-state index in [9.17, 15) is 0 Å². The number of halogens is 1. The first kappa shape index (κ1) is 13.0. The Morgan fingerprint density at radius 2 is 2.00 bits per heavy atom. The minimum Gasteiger partial charge on any atom is -0.241 e. The fourth-order valence-corrected chi connectivity index (χ4v) is 4.24. The molecule has 0 radical (unpaired) electrons. The zero-order valence-electron chi connectivity index (χ0n) is 10.4. The molecule has 0 amide bonds. The summed E-state index contributed by atoms with van der Waals surface area (Å²) in [6.45, 7) is 2.14. The molecular formula is C15H12BrNS2. The Hall–Kier alpha value is -0.970. The number of thiophene rings is 1. The molecule has 3 rings (SSSR count). The lowest BCUT2D eigenvalue weighted by Crippen LogP contribution is -1.85. The summed E-state index contributed by atoms with van der Waals surface area (Å²) in [5.74, 6) is 0. The van der Waals surface area contributed by atoms with Gasteiger partial charge in [0.05, 0.1) is 10.7 Å². The van der Waals surface area contributed by atoms with E-state index in [0.717, 1.165) is 16.6 Å². The lowest BCUT2D eigenvalue weighted by molar-refractivity contribution is 1.17. The first-order chi connectivity index (χ1) is 9.24. The third-order valence-corrected chi connectivity index (χ3v) is 5.41. The van der Waals surface area contributed by atoms with E-state index in [2.05, 4.69) is 58.6 Å². The Balaban J connectivity index is 1.96. The summed E-state index contributed by atoms with van der Waals surface area (Å²) >= 11 is 7.18. The van der Waals surface area contributed by atoms with E-state index < -0.39 is 0 Å². The van der Waals surface area contributed by atoms with Gasteiger partial charge in [-0.2, -0.15) is 0 Å². The largest absolute Gasteiger partial charge is 0.241 e. The van der Waals surface area contributed by atoms with Crippen LogP contribution in [0.2, 0.25) is 0 Å². The molecule has 1 aromatic carbocycles. The molecule has 96 valence electrons. The predicted molar refractivity (Wildman–Crippen MR) is 87.1 cm³/mol. The lowest BCUT2D eigenvalue weighted by atomic mass is 10.1. The predicted octanol–water partition coefficient (Wildman–Crippen LogP) is 5.53. The van der Waals surface area contributed by atoms with Crippen LogP contribution in [0.3, 0.4) is 0 Å². The van der Waals surface area contributed by atoms with Gasteiger partial charge in [0.25, 0.3) is 0 Å². The number of aromatic nitrogens is 1. The lowest BCUT2D eigenvalue weighted by Gasteiger charge is -2.01. The second kappa shape index (κ2) is 5.57. The van der Waals surface area contributed by atoms with Gasteiger partial charge < -0.3 is 0 Å². The molecule has 0 unspecified atom stereocenters. The highest BCUT2D eigenvalue weighted by molar-refractivity contribution is 9.10. The third kappa shape index (κ3) is 2.81. The van der Waals surface area contributed by atoms with Gasteiger partial charge in [-0.15, -0.1) is 22.7 Å². The summed E-state index contributed by atoms with van der Waals surface area (Å²) in [6.07, 6.45) is 0.938. The Morgan fingerprint density at radius 1 is 1.16 bits per heavy atom. The Kier molecular flexibility index (Phi) is 3.82. The first-order valence-corrected chi connectivity index (χ1v) is 8.46. The fourth-order valence-electron chi connectivity index (χ4n) is 1.99. The Bertz CT molecular complexity index is 686. The molecular weight excluding hydrogens is 338 g/mol. The van der Waals surface area contributed by atoms with Crippen LogP contribution in [-0.4, -0.2) is 4.98 Å². The Morgan fingerprint density at radius 3 is 2.74 bits per heavy atom. The van der Waals surface area contributed by atoms with Gasteiger partial charge in [-0.3, -0.25) is 0 Å². The topological polar surface area (TPSA) is 12.9 Å². The molecule has 0 aliphatic carbocycles. The van der Waals surface area contributed by atoms with E-state index in [1.54, 1.807) is 22.7 Å². The zero-order chi connectivity index (χ0) is 13.2. The molecule has 0 saturated heterocycles. The number of aryl methyl sites for hydroxylation is 1. The molecule has 0 saturated carbocycles. The van der Waals surface area contributed by atoms with Crippen molar-refractivity contribution in [2.75, 3.05) is 0 Å². The second-order valence-corrected chi connectivity index (χ2v) is 7.42. The van der Waals surface area contributed by atoms with E-state index >= 15 is 0 Å². The standard InChI is InChI=1S/C15H12BrNS2/c1-10-15(12-6-2-3-7-13(12)16)17-14(19-10)9-11-5-4-8-18-11/h2-8H,9H2,1H3. The smallest absolute Gasteiger partial charge is 0.0987 e. The van der Waals surface area contributed by atoms with E-state index in [1.165, 1.54) is 20.3 Å². The molecule has 2 aromatic heterocycles. The average molecular weight is 350 g/mol. The summed E-state index contributed by atoms with van der Waals surface area (Å²) in [6, 6.07) is 12.5. The van der Waals surface area contributed by atoms with Gasteiger partial charge in [0.1, 0.15) is 0 Å². The summed E-state index contributed by atoms with van der Waals surface area (Å²) in [5.41, 5.74) is 2.28. The normalized spacial score (nSPS) is 10.8. The molecule has 0 aliphatic rings. The molecule has 19 heavy (non-hydrogen) atoms. The van der Waals surface area contributed by atoms with Crippen LogP contribution in [0.25, 0.3) is 11.3 Å². The number of hydrogen-bond acceptors (Lipinski definition) is 3. The highest BCUT2D eigenvalue weighted by Gasteiger charge is 2.12. The van der Waals surface area contributed by atoms with Crippen molar-refractivity contribution < 1.29 is 0 Å². The van der Waals surface area contributed by atoms with Crippen molar-refractivity contribution in [3.8, 4) is 11.3 Å². The van der Waals surface area contributed by atoms with Crippen molar-refractivity contribution in [3.05, 3.63) is 61.0 Å². The number of thiazole rings is 1. The molecule has 0 atom stereocenters. The molecule has 1 nitrogen and oxygen atoms in total. The Labute approximate surface area is 129 Å². The summed E-state index contributed by atoms with van der Waals surface area (Å²) in [5, 5.41) is 3.30. The minimum atomic E-state index is 0.938. The maximum absolute atomic E-state index is 4.81. The van der Waals surface area contributed by atoms with Crippen molar-refractivity contribution >= 4 is 38.6 Å². The molecule has 0 spiro atoms. The van der Waals surface area contributed by atoms with Crippen molar-refractivity contribution in [1.82, 2.24) is 4.98 Å². The first-order valence-electron chi connectivity index (χ1n) is 5.97. The molecule has 0 fully saturated rings. The number of rotatable bonds is 3. The van der Waals surface area contributed by atoms with E-state index in [-0.39, 0.29) is 0 Å². The van der Waals surface area contributed by atoms with Crippen molar-refractivity contribution in [3.63, 3.8) is 0 Å². The third-order valence-electron chi connectivity index (χ3n) is 2.88. The van der Waals surface area contributed by atoms with Crippen LogP contribution in [-0.2, 0) is 6.42 Å². The van der Waals surface area contributed by atoms with Gasteiger partial charge in [-0.25, -0.2) is 4.98 Å². The van der Waals surface area contributed by atoms with E-state index in [1.807, 2.05) is 6.07 Å². The van der Waals surface area contributed by atoms with Gasteiger partial charge in [0, 0.05) is 26.2 Å². The minimum absolute atomic E-state index is 0.938. The van der Waals surface area contributed by atoms with E-state index in [4.69, 9.17) is 4.98 Å². The van der Waals surface area contributed by atoms with Gasteiger partial charge in [-0.05, 0) is 24.4 Å². The van der Waals surface area contributed by atoms with Gasteiger partial charge >= 0.3 is 0 Å². The maximum atomic E-state index is 4.81. The number of hydrogen-bond donors (Lipinski definition) is 0. The monoisotopic (exact) mass is 349 g/mol. The highest BCUT2D eigenvalue weighted by Crippen LogP contribution is 2.33. The van der Waals surface area contributed by atoms with Crippen LogP contribution in [0.1, 0.15) is 14.8 Å². The van der Waals surface area contributed by atoms with Crippen LogP contribution in [0.4, 0.5) is 0 Å². The van der Waals surface area contributed by atoms with Crippen LogP contribution in [0, 0.1) is 6.92 Å². The molecule has 0 aliphatic heterocycles. The molecule has 2 heterocycles. The van der Waals surface area contributed by atoms with Crippen molar-refractivity contribution in [2.45, 2.75) is 13.3 Å². The SMILES string of the molecule is Cc1sc(Cc2cccs2)nc1-c1ccccc1Br. The van der Waals surface area contributed by atoms with Gasteiger partial charge in [0.2, 0.25) is 0 Å². The van der Waals surface area contributed by atoms with Crippen molar-refractivity contribution in [2.24, 2.45) is 0 Å². The maximum Gasteiger partial charge on any atom is 0.0987 e. The molecule has 0 N–H and O–H groups in total. The second-order valence-electron chi connectivity index (χ2n) is 4.25. The number of benzene rings is 1. The van der Waals surface area contributed by atoms with E-state index in [0.29, 0.717) is 0 Å². The fraction of sp³-hybridized carbons (Fsp3) is 0.133. The van der Waals surface area contributed by atoms with Crippen LogP contribution in [0.5, 0.6) is 0 Å². The average Bonchev–Trinajstić information content (AvgIpc) is 3.01. The molecule has 0 bridgehead atoms. The molecule has 3 aromatic rings. The number of nitrogens with zero attached hydrogens (tertiary/aromatic N) is 1. The summed E-state index contributed by atoms with van der Waals surface area (Å²) in [4.78, 5) is 7.46. The van der Waals surface area contributed by atoms with Crippen LogP contribution < -0.4 is 0 Å². The van der Waals surface area contributed by atoms with Crippen LogP contribution in [0.15, 0.2) is 46.3 Å². The van der Waals surface area contributed by atoms with Gasteiger partial charge in [-0.1, -0.05) is 40.2 Å². The van der Waals surface area contributed by atoms with Crippen molar-refractivity contribution in [1.29, 1.82) is 0 Å². The highest BCUT2D eigenvalue weighted by atomic mass is 79.9. The quantitative estimate of drug-likeness (QED) is 0.605. The molecule has 4 heteroatoms.